The van der Waals surface area contributed by atoms with Crippen LogP contribution in [-0.4, -0.2) is 25.2 Å². The molecule has 2 atom stereocenters. The van der Waals surface area contributed by atoms with Gasteiger partial charge in [-0.05, 0) is 24.1 Å². The Kier molecular flexibility index (Phi) is 4.12. The third kappa shape index (κ3) is 2.94. The smallest absolute Gasteiger partial charge is 0.0940 e. The molecule has 84 valence electrons. The maximum Gasteiger partial charge on any atom is 0.0940 e. The molecule has 0 heterocycles. The Morgan fingerprint density at radius 3 is 2.20 bits per heavy atom. The molecule has 1 aromatic carbocycles. The van der Waals surface area contributed by atoms with E-state index in [2.05, 4.69) is 0 Å². The van der Waals surface area contributed by atoms with Crippen molar-refractivity contribution in [3.63, 3.8) is 0 Å². The summed E-state index contributed by atoms with van der Waals surface area (Å²) in [4.78, 5) is 2.02. The van der Waals surface area contributed by atoms with Gasteiger partial charge in [-0.1, -0.05) is 19.1 Å². The minimum atomic E-state index is -0.564. The topological polar surface area (TPSA) is 49.5 Å². The fraction of sp³-hybridized carbons (Fsp3) is 0.500. The molecule has 0 saturated heterocycles. The average molecular weight is 208 g/mol. The van der Waals surface area contributed by atoms with E-state index in [0.29, 0.717) is 0 Å². The third-order valence-corrected chi connectivity index (χ3v) is 2.63. The van der Waals surface area contributed by atoms with E-state index < -0.39 is 6.10 Å². The first-order valence-electron chi connectivity index (χ1n) is 5.27. The van der Waals surface area contributed by atoms with E-state index in [1.54, 1.807) is 0 Å². The van der Waals surface area contributed by atoms with Crippen molar-refractivity contribution in [2.24, 2.45) is 5.73 Å². The monoisotopic (exact) mass is 208 g/mol. The molecule has 3 nitrogen and oxygen atoms in total. The van der Waals surface area contributed by atoms with Gasteiger partial charge in [-0.2, -0.15) is 0 Å². The van der Waals surface area contributed by atoms with Crippen LogP contribution in [0.5, 0.6) is 0 Å². The van der Waals surface area contributed by atoms with Crippen LogP contribution in [0.4, 0.5) is 5.69 Å². The van der Waals surface area contributed by atoms with Crippen molar-refractivity contribution in [2.75, 3.05) is 19.0 Å². The van der Waals surface area contributed by atoms with Crippen molar-refractivity contribution in [2.45, 2.75) is 25.5 Å². The molecule has 0 spiro atoms. The fourth-order valence-corrected chi connectivity index (χ4v) is 1.44. The second-order valence-corrected chi connectivity index (χ2v) is 4.00. The highest BCUT2D eigenvalue weighted by atomic mass is 16.3. The molecule has 2 unspecified atom stereocenters. The second kappa shape index (κ2) is 5.14. The Balaban J connectivity index is 2.79. The molecular formula is C12H20N2O. The van der Waals surface area contributed by atoms with E-state index in [-0.39, 0.29) is 6.04 Å². The van der Waals surface area contributed by atoms with Gasteiger partial charge in [0.05, 0.1) is 6.10 Å². The van der Waals surface area contributed by atoms with Crippen molar-refractivity contribution in [1.82, 2.24) is 0 Å². The van der Waals surface area contributed by atoms with Gasteiger partial charge < -0.3 is 15.7 Å². The van der Waals surface area contributed by atoms with E-state index >= 15 is 0 Å². The van der Waals surface area contributed by atoms with Crippen molar-refractivity contribution >= 4 is 5.69 Å². The molecule has 0 fully saturated rings. The molecule has 0 amide bonds. The lowest BCUT2D eigenvalue weighted by Gasteiger charge is -2.19. The van der Waals surface area contributed by atoms with Gasteiger partial charge in [0.2, 0.25) is 0 Å². The highest BCUT2D eigenvalue weighted by Gasteiger charge is 2.14. The van der Waals surface area contributed by atoms with Gasteiger partial charge in [-0.15, -0.1) is 0 Å². The zero-order valence-electron chi connectivity index (χ0n) is 9.64. The molecule has 0 aliphatic rings. The zero-order valence-corrected chi connectivity index (χ0v) is 9.64. The summed E-state index contributed by atoms with van der Waals surface area (Å²) in [6.07, 6.45) is 0.211. The molecular weight excluding hydrogens is 188 g/mol. The molecule has 3 heteroatoms. The summed E-state index contributed by atoms with van der Waals surface area (Å²) < 4.78 is 0. The Bertz CT molecular complexity index is 295. The fourth-order valence-electron chi connectivity index (χ4n) is 1.44. The van der Waals surface area contributed by atoms with Crippen LogP contribution < -0.4 is 10.6 Å². The van der Waals surface area contributed by atoms with Gasteiger partial charge in [0.15, 0.2) is 0 Å². The summed E-state index contributed by atoms with van der Waals surface area (Å²) in [5.74, 6) is 0. The summed E-state index contributed by atoms with van der Waals surface area (Å²) >= 11 is 0. The first-order valence-corrected chi connectivity index (χ1v) is 5.27. The van der Waals surface area contributed by atoms with Crippen molar-refractivity contribution in [3.05, 3.63) is 29.8 Å². The average Bonchev–Trinajstić information content (AvgIpc) is 2.27. The minimum Gasteiger partial charge on any atom is -0.387 e. The summed E-state index contributed by atoms with van der Waals surface area (Å²) in [6.45, 7) is 1.97. The number of benzene rings is 1. The Labute approximate surface area is 91.5 Å². The summed E-state index contributed by atoms with van der Waals surface area (Å²) in [6, 6.07) is 7.64. The van der Waals surface area contributed by atoms with Crippen molar-refractivity contribution in [3.8, 4) is 0 Å². The molecule has 0 aliphatic heterocycles. The molecule has 0 radical (unpaired) electrons. The van der Waals surface area contributed by atoms with Crippen LogP contribution in [-0.2, 0) is 0 Å². The molecule has 0 saturated carbocycles. The number of hydrogen-bond acceptors (Lipinski definition) is 3. The van der Waals surface area contributed by atoms with Crippen LogP contribution >= 0.6 is 0 Å². The van der Waals surface area contributed by atoms with Gasteiger partial charge >= 0.3 is 0 Å². The number of hydrogen-bond donors (Lipinski definition) is 2. The van der Waals surface area contributed by atoms with Crippen molar-refractivity contribution < 1.29 is 5.11 Å². The van der Waals surface area contributed by atoms with E-state index in [4.69, 9.17) is 5.73 Å². The van der Waals surface area contributed by atoms with Gasteiger partial charge in [-0.3, -0.25) is 0 Å². The number of rotatable bonds is 4. The molecule has 1 aromatic rings. The first kappa shape index (κ1) is 12.0. The van der Waals surface area contributed by atoms with E-state index in [0.717, 1.165) is 17.7 Å². The molecule has 3 N–H and O–H groups in total. The van der Waals surface area contributed by atoms with Crippen molar-refractivity contribution in [1.29, 1.82) is 0 Å². The summed E-state index contributed by atoms with van der Waals surface area (Å²) in [7, 11) is 3.98. The Morgan fingerprint density at radius 2 is 1.80 bits per heavy atom. The lowest BCUT2D eigenvalue weighted by Crippen LogP contribution is -2.27. The number of nitrogens with two attached hydrogens (primary N) is 1. The molecule has 0 aromatic heterocycles. The lowest BCUT2D eigenvalue weighted by molar-refractivity contribution is 0.144. The standard InChI is InChI=1S/C12H20N2O/c1-4-11(13)12(15)9-5-7-10(8-6-9)14(2)3/h5-8,11-12,15H,4,13H2,1-3H3. The molecule has 0 bridgehead atoms. The zero-order chi connectivity index (χ0) is 11.4. The largest absolute Gasteiger partial charge is 0.387 e. The number of aliphatic hydroxyl groups excluding tert-OH is 1. The van der Waals surface area contributed by atoms with Gasteiger partial charge in [0.25, 0.3) is 0 Å². The maximum absolute atomic E-state index is 9.88. The predicted octanol–water partition coefficient (Wildman–Crippen LogP) is 1.52. The number of anilines is 1. The van der Waals surface area contributed by atoms with Gasteiger partial charge in [-0.25, -0.2) is 0 Å². The second-order valence-electron chi connectivity index (χ2n) is 4.00. The van der Waals surface area contributed by atoms with Crippen LogP contribution in [0.25, 0.3) is 0 Å². The molecule has 15 heavy (non-hydrogen) atoms. The van der Waals surface area contributed by atoms with Crippen LogP contribution in [0.2, 0.25) is 0 Å². The maximum atomic E-state index is 9.88. The summed E-state index contributed by atoms with van der Waals surface area (Å²) in [5.41, 5.74) is 7.79. The SMILES string of the molecule is CCC(N)C(O)c1ccc(N(C)C)cc1. The van der Waals surface area contributed by atoms with Crippen LogP contribution in [0.1, 0.15) is 25.0 Å². The highest BCUT2D eigenvalue weighted by Crippen LogP contribution is 2.20. The van der Waals surface area contributed by atoms with Crippen LogP contribution in [0.3, 0.4) is 0 Å². The van der Waals surface area contributed by atoms with Crippen LogP contribution in [0.15, 0.2) is 24.3 Å². The van der Waals surface area contributed by atoms with Gasteiger partial charge in [0, 0.05) is 25.8 Å². The quantitative estimate of drug-likeness (QED) is 0.788. The summed E-state index contributed by atoms with van der Waals surface area (Å²) in [5, 5.41) is 9.88. The molecule has 1 rings (SSSR count). The lowest BCUT2D eigenvalue weighted by atomic mass is 10.0. The number of nitrogens with zero attached hydrogens (tertiary/aromatic N) is 1. The normalized spacial score (nSPS) is 14.7. The predicted molar refractivity (Wildman–Crippen MR) is 64.0 cm³/mol. The highest BCUT2D eigenvalue weighted by molar-refractivity contribution is 5.46. The Hall–Kier alpha value is -1.06. The van der Waals surface area contributed by atoms with E-state index in [1.807, 2.05) is 50.2 Å². The van der Waals surface area contributed by atoms with Gasteiger partial charge in [0.1, 0.15) is 0 Å². The molecule has 0 aliphatic carbocycles. The third-order valence-electron chi connectivity index (χ3n) is 2.63. The minimum absolute atomic E-state index is 0.185. The first-order chi connectivity index (χ1) is 7.06. The van der Waals surface area contributed by atoms with Crippen LogP contribution in [0, 0.1) is 0 Å². The van der Waals surface area contributed by atoms with E-state index in [9.17, 15) is 5.11 Å². The van der Waals surface area contributed by atoms with E-state index in [1.165, 1.54) is 0 Å². The number of aliphatic hydroxyl groups is 1. The Morgan fingerprint density at radius 1 is 1.27 bits per heavy atom.